The molecule has 0 spiro atoms. The first-order valence-electron chi connectivity index (χ1n) is 4.74. The molecule has 0 saturated carbocycles. The standard InChI is InChI=1S/C11H12N2OS/c1-8-7-15-11(13-8)14-9(2)10-4-3-5-12-6-10/h3-7,9H,1-2H3. The van der Waals surface area contributed by atoms with Crippen LogP contribution in [0.1, 0.15) is 24.3 Å². The third-order valence-corrected chi connectivity index (χ3v) is 2.88. The molecule has 0 aromatic carbocycles. The van der Waals surface area contributed by atoms with Crippen LogP contribution in [0.3, 0.4) is 0 Å². The molecule has 0 N–H and O–H groups in total. The van der Waals surface area contributed by atoms with Crippen molar-refractivity contribution in [3.63, 3.8) is 0 Å². The maximum Gasteiger partial charge on any atom is 0.273 e. The van der Waals surface area contributed by atoms with E-state index in [1.165, 1.54) is 11.3 Å². The summed E-state index contributed by atoms with van der Waals surface area (Å²) in [6.45, 7) is 3.95. The summed E-state index contributed by atoms with van der Waals surface area (Å²) in [7, 11) is 0. The minimum atomic E-state index is -0.00995. The molecule has 0 amide bonds. The predicted octanol–water partition coefficient (Wildman–Crippen LogP) is 2.99. The van der Waals surface area contributed by atoms with Gasteiger partial charge in [0.05, 0.1) is 5.69 Å². The molecule has 0 fully saturated rings. The number of aryl methyl sites for hydroxylation is 1. The fourth-order valence-electron chi connectivity index (χ4n) is 1.22. The lowest BCUT2D eigenvalue weighted by Crippen LogP contribution is -2.02. The molecule has 0 bridgehead atoms. The number of hydrogen-bond acceptors (Lipinski definition) is 4. The molecule has 4 heteroatoms. The Morgan fingerprint density at radius 3 is 2.93 bits per heavy atom. The quantitative estimate of drug-likeness (QED) is 0.797. The highest BCUT2D eigenvalue weighted by atomic mass is 32.1. The summed E-state index contributed by atoms with van der Waals surface area (Å²) >= 11 is 1.52. The number of rotatable bonds is 3. The van der Waals surface area contributed by atoms with Crippen molar-refractivity contribution in [2.75, 3.05) is 0 Å². The van der Waals surface area contributed by atoms with Crippen molar-refractivity contribution in [1.29, 1.82) is 0 Å². The van der Waals surface area contributed by atoms with Crippen molar-refractivity contribution in [3.05, 3.63) is 41.2 Å². The Hall–Kier alpha value is -1.42. The maximum atomic E-state index is 5.69. The zero-order valence-corrected chi connectivity index (χ0v) is 9.49. The van der Waals surface area contributed by atoms with Crippen LogP contribution in [-0.2, 0) is 0 Å². The van der Waals surface area contributed by atoms with Gasteiger partial charge < -0.3 is 4.74 Å². The largest absolute Gasteiger partial charge is 0.462 e. The van der Waals surface area contributed by atoms with E-state index in [0.29, 0.717) is 5.19 Å². The van der Waals surface area contributed by atoms with Crippen molar-refractivity contribution < 1.29 is 4.74 Å². The molecule has 1 atom stereocenters. The van der Waals surface area contributed by atoms with Gasteiger partial charge in [0, 0.05) is 23.3 Å². The molecule has 78 valence electrons. The average molecular weight is 220 g/mol. The lowest BCUT2D eigenvalue weighted by atomic mass is 10.2. The number of thiazole rings is 1. The summed E-state index contributed by atoms with van der Waals surface area (Å²) in [5.41, 5.74) is 2.05. The molecule has 2 heterocycles. The number of hydrogen-bond donors (Lipinski definition) is 0. The summed E-state index contributed by atoms with van der Waals surface area (Å²) in [5, 5.41) is 2.69. The van der Waals surface area contributed by atoms with Crippen LogP contribution >= 0.6 is 11.3 Å². The summed E-state index contributed by atoms with van der Waals surface area (Å²) in [6.07, 6.45) is 3.55. The van der Waals surface area contributed by atoms with Gasteiger partial charge in [-0.15, -0.1) is 0 Å². The molecule has 0 aliphatic carbocycles. The topological polar surface area (TPSA) is 35.0 Å². The van der Waals surface area contributed by atoms with E-state index in [1.54, 1.807) is 6.20 Å². The van der Waals surface area contributed by atoms with Gasteiger partial charge in [0.2, 0.25) is 0 Å². The summed E-state index contributed by atoms with van der Waals surface area (Å²) < 4.78 is 5.69. The van der Waals surface area contributed by atoms with Crippen LogP contribution in [0.5, 0.6) is 5.19 Å². The van der Waals surface area contributed by atoms with Crippen LogP contribution in [0.2, 0.25) is 0 Å². The zero-order chi connectivity index (χ0) is 10.7. The second-order valence-corrected chi connectivity index (χ2v) is 4.12. The van der Waals surface area contributed by atoms with Crippen LogP contribution in [0.15, 0.2) is 29.9 Å². The molecule has 15 heavy (non-hydrogen) atoms. The van der Waals surface area contributed by atoms with E-state index in [4.69, 9.17) is 4.74 Å². The summed E-state index contributed by atoms with van der Waals surface area (Å²) in [6, 6.07) is 3.90. The monoisotopic (exact) mass is 220 g/mol. The van der Waals surface area contributed by atoms with Gasteiger partial charge in [-0.05, 0) is 19.9 Å². The van der Waals surface area contributed by atoms with Crippen molar-refractivity contribution in [3.8, 4) is 5.19 Å². The molecule has 3 nitrogen and oxygen atoms in total. The van der Waals surface area contributed by atoms with E-state index in [-0.39, 0.29) is 6.10 Å². The SMILES string of the molecule is Cc1csc(OC(C)c2cccnc2)n1. The average Bonchev–Trinajstić information content (AvgIpc) is 2.65. The van der Waals surface area contributed by atoms with Crippen molar-refractivity contribution in [1.82, 2.24) is 9.97 Å². The van der Waals surface area contributed by atoms with E-state index in [0.717, 1.165) is 11.3 Å². The number of aromatic nitrogens is 2. The fraction of sp³-hybridized carbons (Fsp3) is 0.273. The third kappa shape index (κ3) is 2.53. The van der Waals surface area contributed by atoms with E-state index < -0.39 is 0 Å². The van der Waals surface area contributed by atoms with E-state index >= 15 is 0 Å². The highest BCUT2D eigenvalue weighted by Crippen LogP contribution is 2.24. The zero-order valence-electron chi connectivity index (χ0n) is 8.68. The number of nitrogens with zero attached hydrogens (tertiary/aromatic N) is 2. The molecule has 0 saturated heterocycles. The molecule has 0 aliphatic heterocycles. The minimum Gasteiger partial charge on any atom is -0.462 e. The molecule has 0 aliphatic rings. The normalized spacial score (nSPS) is 12.4. The second-order valence-electron chi connectivity index (χ2n) is 3.30. The van der Waals surface area contributed by atoms with E-state index in [2.05, 4.69) is 9.97 Å². The van der Waals surface area contributed by atoms with Crippen molar-refractivity contribution >= 4 is 11.3 Å². The van der Waals surface area contributed by atoms with Crippen molar-refractivity contribution in [2.24, 2.45) is 0 Å². The first-order valence-corrected chi connectivity index (χ1v) is 5.62. The highest BCUT2D eigenvalue weighted by molar-refractivity contribution is 7.11. The van der Waals surface area contributed by atoms with Crippen LogP contribution in [0, 0.1) is 6.92 Å². The van der Waals surface area contributed by atoms with E-state index in [1.807, 2.05) is 37.6 Å². The second kappa shape index (κ2) is 4.40. The number of pyridine rings is 1. The molecule has 0 radical (unpaired) electrons. The highest BCUT2D eigenvalue weighted by Gasteiger charge is 2.08. The Kier molecular flexibility index (Phi) is 2.97. The molecule has 2 aromatic heterocycles. The smallest absolute Gasteiger partial charge is 0.273 e. The van der Waals surface area contributed by atoms with Gasteiger partial charge in [0.1, 0.15) is 6.10 Å². The molecule has 2 rings (SSSR count). The fourth-order valence-corrected chi connectivity index (χ4v) is 1.94. The third-order valence-electron chi connectivity index (χ3n) is 2.03. The molecule has 2 aromatic rings. The van der Waals surface area contributed by atoms with Crippen LogP contribution in [0.25, 0.3) is 0 Å². The molecule has 1 unspecified atom stereocenters. The van der Waals surface area contributed by atoms with Gasteiger partial charge >= 0.3 is 0 Å². The maximum absolute atomic E-state index is 5.69. The van der Waals surface area contributed by atoms with E-state index in [9.17, 15) is 0 Å². The summed E-state index contributed by atoms with van der Waals surface area (Å²) in [5.74, 6) is 0. The number of ether oxygens (including phenoxy) is 1. The Labute approximate surface area is 92.8 Å². The van der Waals surface area contributed by atoms with Crippen molar-refractivity contribution in [2.45, 2.75) is 20.0 Å². The van der Waals surface area contributed by atoms with Crippen LogP contribution in [0.4, 0.5) is 0 Å². The Morgan fingerprint density at radius 2 is 2.33 bits per heavy atom. The van der Waals surface area contributed by atoms with Gasteiger partial charge in [-0.1, -0.05) is 17.4 Å². The first-order chi connectivity index (χ1) is 7.25. The van der Waals surface area contributed by atoms with Crippen LogP contribution in [-0.4, -0.2) is 9.97 Å². The molecular weight excluding hydrogens is 208 g/mol. The van der Waals surface area contributed by atoms with Crippen LogP contribution < -0.4 is 4.74 Å². The van der Waals surface area contributed by atoms with Gasteiger partial charge in [-0.2, -0.15) is 0 Å². The summed E-state index contributed by atoms with van der Waals surface area (Å²) in [4.78, 5) is 8.31. The Morgan fingerprint density at radius 1 is 1.47 bits per heavy atom. The Bertz CT molecular complexity index is 427. The molecular formula is C11H12N2OS. The minimum absolute atomic E-state index is 0.00995. The van der Waals surface area contributed by atoms with Gasteiger partial charge in [-0.25, -0.2) is 4.98 Å². The lowest BCUT2D eigenvalue weighted by molar-refractivity contribution is 0.225. The van der Waals surface area contributed by atoms with Gasteiger partial charge in [-0.3, -0.25) is 4.98 Å². The lowest BCUT2D eigenvalue weighted by Gasteiger charge is -2.11. The Balaban J connectivity index is 2.07. The van der Waals surface area contributed by atoms with Gasteiger partial charge in [0.15, 0.2) is 0 Å². The van der Waals surface area contributed by atoms with Gasteiger partial charge in [0.25, 0.3) is 5.19 Å². The first kappa shape index (κ1) is 10.1. The predicted molar refractivity (Wildman–Crippen MR) is 60.1 cm³/mol.